The van der Waals surface area contributed by atoms with Crippen molar-refractivity contribution in [1.82, 2.24) is 0 Å². The molecule has 0 rings (SSSR count). The van der Waals surface area contributed by atoms with Gasteiger partial charge in [0.05, 0.1) is 9.85 Å². The number of nitrogens with zero attached hydrogens (tertiary/aromatic N) is 3. The first-order chi connectivity index (χ1) is 6.77. The highest BCUT2D eigenvalue weighted by molar-refractivity contribution is 5.71. The number of hydrogen-bond acceptors (Lipinski definition) is 7. The molecule has 0 aliphatic rings. The number of carbonyl (C=O) groups is 1. The molecular weight excluding hydrogens is 218 g/mol. The summed E-state index contributed by atoms with van der Waals surface area (Å²) in [6.07, 6.45) is -3.78. The van der Waals surface area contributed by atoms with E-state index in [1.54, 1.807) is 0 Å². The first kappa shape index (κ1) is 12.7. The molecule has 0 aromatic heterocycles. The highest BCUT2D eigenvalue weighted by atomic mass is 16.7. The zero-order valence-corrected chi connectivity index (χ0v) is 7.01. The van der Waals surface area contributed by atoms with Gasteiger partial charge in [-0.1, -0.05) is 0 Å². The van der Waals surface area contributed by atoms with Gasteiger partial charge >= 0.3 is 18.2 Å². The van der Waals surface area contributed by atoms with E-state index >= 15 is 0 Å². The van der Waals surface area contributed by atoms with Crippen LogP contribution in [0.2, 0.25) is 0 Å². The Hall–Kier alpha value is -2.33. The predicted octanol–water partition coefficient (Wildman–Crippen LogP) is -1.01. The molecule has 0 aromatic carbocycles. The van der Waals surface area contributed by atoms with Gasteiger partial charge in [-0.05, 0) is 0 Å². The fourth-order valence-electron chi connectivity index (χ4n) is 0.726. The van der Waals surface area contributed by atoms with E-state index in [9.17, 15) is 35.1 Å². The molecule has 0 aromatic rings. The van der Waals surface area contributed by atoms with Crippen LogP contribution >= 0.6 is 0 Å². The van der Waals surface area contributed by atoms with Gasteiger partial charge in [0.25, 0.3) is 0 Å². The summed E-state index contributed by atoms with van der Waals surface area (Å²) < 4.78 is 0. The maximum atomic E-state index is 10.2. The number of nitro groups is 3. The second-order valence-corrected chi connectivity index (χ2v) is 2.43. The van der Waals surface area contributed by atoms with Crippen molar-refractivity contribution in [3.8, 4) is 0 Å². The van der Waals surface area contributed by atoms with Gasteiger partial charge < -0.3 is 5.11 Å². The van der Waals surface area contributed by atoms with E-state index in [1.165, 1.54) is 0 Å². The van der Waals surface area contributed by atoms with Crippen LogP contribution in [-0.4, -0.2) is 38.1 Å². The molecule has 0 fully saturated rings. The summed E-state index contributed by atoms with van der Waals surface area (Å²) in [7, 11) is 0. The topological polar surface area (TPSA) is 167 Å². The zero-order chi connectivity index (χ0) is 12.2. The van der Waals surface area contributed by atoms with E-state index in [-0.39, 0.29) is 0 Å². The Morgan fingerprint density at radius 3 is 1.67 bits per heavy atom. The third kappa shape index (κ3) is 3.50. The van der Waals surface area contributed by atoms with Gasteiger partial charge in [0.2, 0.25) is 0 Å². The van der Waals surface area contributed by atoms with Gasteiger partial charge in [0, 0.05) is 4.92 Å². The summed E-state index contributed by atoms with van der Waals surface area (Å²) in [5.41, 5.74) is 0. The molecule has 1 atom stereocenters. The summed E-state index contributed by atoms with van der Waals surface area (Å²) >= 11 is 0. The number of rotatable bonds is 6. The molecule has 0 saturated heterocycles. The Balaban J connectivity index is 4.77. The lowest BCUT2D eigenvalue weighted by molar-refractivity contribution is -0.747. The van der Waals surface area contributed by atoms with Crippen LogP contribution in [0, 0.1) is 30.3 Å². The fourth-order valence-corrected chi connectivity index (χ4v) is 0.726. The molecular formula is C4H5N3O8. The van der Waals surface area contributed by atoms with Gasteiger partial charge in [0.1, 0.15) is 0 Å². The van der Waals surface area contributed by atoms with Crippen molar-refractivity contribution in [2.45, 2.75) is 18.6 Å². The monoisotopic (exact) mass is 223 g/mol. The van der Waals surface area contributed by atoms with Crippen LogP contribution in [-0.2, 0) is 4.79 Å². The van der Waals surface area contributed by atoms with E-state index in [2.05, 4.69) is 0 Å². The van der Waals surface area contributed by atoms with Gasteiger partial charge in [-0.3, -0.25) is 30.3 Å². The maximum Gasteiger partial charge on any atom is 0.458 e. The second kappa shape index (κ2) is 4.78. The average Bonchev–Trinajstić information content (AvgIpc) is 2.01. The Labute approximate surface area is 80.7 Å². The van der Waals surface area contributed by atoms with Crippen LogP contribution in [0.15, 0.2) is 0 Å². The van der Waals surface area contributed by atoms with Crippen molar-refractivity contribution in [1.29, 1.82) is 0 Å². The van der Waals surface area contributed by atoms with Crippen molar-refractivity contribution in [3.05, 3.63) is 30.3 Å². The van der Waals surface area contributed by atoms with Crippen molar-refractivity contribution in [2.24, 2.45) is 0 Å². The SMILES string of the molecule is O=C(O)C(CC([N+](=O)[O-])[N+](=O)[O-])[N+](=O)[O-]. The van der Waals surface area contributed by atoms with Crippen LogP contribution in [0.1, 0.15) is 6.42 Å². The summed E-state index contributed by atoms with van der Waals surface area (Å²) in [5.74, 6) is -1.95. The van der Waals surface area contributed by atoms with Crippen LogP contribution in [0.3, 0.4) is 0 Å². The van der Waals surface area contributed by atoms with Crippen molar-refractivity contribution >= 4 is 5.97 Å². The van der Waals surface area contributed by atoms with Crippen LogP contribution in [0.4, 0.5) is 0 Å². The minimum absolute atomic E-state index is 1.29. The summed E-state index contributed by atoms with van der Waals surface area (Å²) in [6.45, 7) is 0. The molecule has 11 nitrogen and oxygen atoms in total. The molecule has 0 aliphatic heterocycles. The number of carboxylic acid groups (broad SMARTS) is 1. The maximum absolute atomic E-state index is 10.2. The molecule has 0 heterocycles. The predicted molar refractivity (Wildman–Crippen MR) is 40.8 cm³/mol. The van der Waals surface area contributed by atoms with Gasteiger partial charge in [-0.2, -0.15) is 0 Å². The van der Waals surface area contributed by atoms with Crippen LogP contribution in [0.5, 0.6) is 0 Å². The molecule has 1 N–H and O–H groups in total. The van der Waals surface area contributed by atoms with Gasteiger partial charge in [0.15, 0.2) is 6.42 Å². The number of aliphatic carboxylic acids is 1. The fraction of sp³-hybridized carbons (Fsp3) is 0.750. The molecule has 84 valence electrons. The molecule has 0 aliphatic carbocycles. The van der Waals surface area contributed by atoms with Crippen LogP contribution in [0.25, 0.3) is 0 Å². The summed E-state index contributed by atoms with van der Waals surface area (Å²) in [5, 5.41) is 38.5. The van der Waals surface area contributed by atoms with E-state index in [0.717, 1.165) is 0 Å². The van der Waals surface area contributed by atoms with Crippen molar-refractivity contribution in [2.75, 3.05) is 0 Å². The Morgan fingerprint density at radius 1 is 1.07 bits per heavy atom. The van der Waals surface area contributed by atoms with Gasteiger partial charge in [-0.25, -0.2) is 4.79 Å². The first-order valence-electron chi connectivity index (χ1n) is 3.40. The number of carboxylic acids is 1. The smallest absolute Gasteiger partial charge is 0.458 e. The minimum atomic E-state index is -2.49. The van der Waals surface area contributed by atoms with E-state index in [0.29, 0.717) is 0 Å². The quantitative estimate of drug-likeness (QED) is 0.339. The Kier molecular flexibility index (Phi) is 4.04. The lowest BCUT2D eigenvalue weighted by Gasteiger charge is -2.04. The standard InChI is InChI=1S/C4H5N3O8/c8-4(9)2(5(10)11)1-3(6(12)13)7(14)15/h2-3H,1H2,(H,8,9). The summed E-state index contributed by atoms with van der Waals surface area (Å²) in [4.78, 5) is 36.4. The zero-order valence-electron chi connectivity index (χ0n) is 7.01. The highest BCUT2D eigenvalue weighted by Crippen LogP contribution is 2.06. The normalized spacial score (nSPS) is 12.1. The van der Waals surface area contributed by atoms with Gasteiger partial charge in [-0.15, -0.1) is 0 Å². The lowest BCUT2D eigenvalue weighted by atomic mass is 10.2. The number of hydrogen-bond donors (Lipinski definition) is 1. The third-order valence-corrected chi connectivity index (χ3v) is 1.46. The highest BCUT2D eigenvalue weighted by Gasteiger charge is 2.44. The summed E-state index contributed by atoms with van der Waals surface area (Å²) in [6, 6.07) is -2.36. The molecule has 0 saturated carbocycles. The minimum Gasteiger partial charge on any atom is -0.476 e. The second-order valence-electron chi connectivity index (χ2n) is 2.43. The molecule has 0 amide bonds. The van der Waals surface area contributed by atoms with Crippen molar-refractivity contribution in [3.63, 3.8) is 0 Å². The molecule has 1 unspecified atom stereocenters. The van der Waals surface area contributed by atoms with Crippen LogP contribution < -0.4 is 0 Å². The molecule has 0 radical (unpaired) electrons. The Morgan fingerprint density at radius 2 is 1.47 bits per heavy atom. The third-order valence-electron chi connectivity index (χ3n) is 1.46. The van der Waals surface area contributed by atoms with E-state index in [1.807, 2.05) is 0 Å². The molecule has 15 heavy (non-hydrogen) atoms. The van der Waals surface area contributed by atoms with E-state index in [4.69, 9.17) is 5.11 Å². The van der Waals surface area contributed by atoms with E-state index < -0.39 is 39.4 Å². The molecule has 0 bridgehead atoms. The molecule has 0 spiro atoms. The Bertz CT molecular complexity index is 255. The lowest BCUT2D eigenvalue weighted by Crippen LogP contribution is -2.39. The van der Waals surface area contributed by atoms with Crippen molar-refractivity contribution < 1.29 is 24.7 Å². The first-order valence-corrected chi connectivity index (χ1v) is 3.40. The molecule has 11 heteroatoms. The largest absolute Gasteiger partial charge is 0.476 e. The average molecular weight is 223 g/mol.